The Morgan fingerprint density at radius 1 is 1.03 bits per heavy atom. The minimum atomic E-state index is -0.602. The third-order valence-corrected chi connectivity index (χ3v) is 4.47. The van der Waals surface area contributed by atoms with Crippen LogP contribution in [0.1, 0.15) is 23.0 Å². The van der Waals surface area contributed by atoms with Gasteiger partial charge in [-0.3, -0.25) is 14.6 Å². The Morgan fingerprint density at radius 2 is 1.72 bits per heavy atom. The van der Waals surface area contributed by atoms with Crippen LogP contribution in [0.15, 0.2) is 48.8 Å². The lowest BCUT2D eigenvalue weighted by Crippen LogP contribution is -2.23. The van der Waals surface area contributed by atoms with Gasteiger partial charge in [0.05, 0.1) is 6.54 Å². The summed E-state index contributed by atoms with van der Waals surface area (Å²) in [6.07, 6.45) is 3.85. The molecular formula is C21H21N5O3. The van der Waals surface area contributed by atoms with E-state index in [-0.39, 0.29) is 23.9 Å². The number of carbonyl (C=O) groups excluding carboxylic acids is 2. The van der Waals surface area contributed by atoms with Gasteiger partial charge in [0.15, 0.2) is 0 Å². The Kier molecular flexibility index (Phi) is 5.85. The normalized spacial score (nSPS) is 10.6. The minimum absolute atomic E-state index is 0.134. The molecule has 0 unspecified atom stereocenters. The molecular weight excluding hydrogens is 370 g/mol. The first-order valence-electron chi connectivity index (χ1n) is 9.02. The van der Waals surface area contributed by atoms with Crippen LogP contribution in [0.25, 0.3) is 22.3 Å². The molecule has 0 aliphatic carbocycles. The molecule has 0 atom stereocenters. The molecule has 8 heteroatoms. The maximum atomic E-state index is 11.9. The zero-order valence-corrected chi connectivity index (χ0v) is 15.8. The fourth-order valence-electron chi connectivity index (χ4n) is 3.08. The topological polar surface area (TPSA) is 144 Å². The van der Waals surface area contributed by atoms with Gasteiger partial charge in [0.25, 0.3) is 5.91 Å². The fourth-order valence-corrected chi connectivity index (χ4v) is 3.08. The molecule has 3 aromatic rings. The zero-order valence-electron chi connectivity index (χ0n) is 15.8. The minimum Gasteiger partial charge on any atom is -0.508 e. The Morgan fingerprint density at radius 3 is 2.28 bits per heavy atom. The number of amides is 2. The molecule has 2 aromatic heterocycles. The monoisotopic (exact) mass is 391 g/mol. The molecule has 0 fully saturated rings. The molecule has 1 aromatic carbocycles. The van der Waals surface area contributed by atoms with Gasteiger partial charge in [-0.25, -0.2) is 4.98 Å². The average molecular weight is 391 g/mol. The molecule has 8 nitrogen and oxygen atoms in total. The smallest absolute Gasteiger partial charge is 0.267 e. The molecule has 2 amide bonds. The number of rotatable bonds is 6. The number of nitrogens with one attached hydrogen (secondary N) is 1. The van der Waals surface area contributed by atoms with Crippen LogP contribution < -0.4 is 16.8 Å². The third-order valence-electron chi connectivity index (χ3n) is 4.47. The Hall–Kier alpha value is -3.78. The van der Waals surface area contributed by atoms with E-state index in [1.165, 1.54) is 0 Å². The molecule has 0 saturated carbocycles. The summed E-state index contributed by atoms with van der Waals surface area (Å²) in [5.41, 5.74) is 14.9. The first-order valence-corrected chi connectivity index (χ1v) is 9.02. The van der Waals surface area contributed by atoms with Crippen molar-refractivity contribution in [3.8, 4) is 28.0 Å². The van der Waals surface area contributed by atoms with Crippen molar-refractivity contribution in [2.24, 2.45) is 11.5 Å². The number of anilines is 1. The van der Waals surface area contributed by atoms with Crippen molar-refractivity contribution in [1.29, 1.82) is 0 Å². The second-order valence-corrected chi connectivity index (χ2v) is 6.32. The maximum absolute atomic E-state index is 11.9. The molecule has 2 heterocycles. The van der Waals surface area contributed by atoms with E-state index in [0.717, 1.165) is 27.8 Å². The average Bonchev–Trinajstić information content (AvgIpc) is 2.74. The quantitative estimate of drug-likeness (QED) is 0.506. The maximum Gasteiger partial charge on any atom is 0.267 e. The van der Waals surface area contributed by atoms with Crippen LogP contribution in [0.3, 0.4) is 0 Å². The van der Waals surface area contributed by atoms with Gasteiger partial charge in [-0.15, -0.1) is 0 Å². The van der Waals surface area contributed by atoms with Gasteiger partial charge < -0.3 is 21.9 Å². The number of carbonyl (C=O) groups is 2. The van der Waals surface area contributed by atoms with E-state index in [4.69, 9.17) is 11.5 Å². The molecule has 0 bridgehead atoms. The first kappa shape index (κ1) is 20.0. The van der Waals surface area contributed by atoms with Crippen molar-refractivity contribution in [2.75, 3.05) is 11.9 Å². The number of nitrogens with zero attached hydrogens (tertiary/aromatic N) is 2. The summed E-state index contributed by atoms with van der Waals surface area (Å²) >= 11 is 0. The van der Waals surface area contributed by atoms with E-state index in [1.54, 1.807) is 48.8 Å². The summed E-state index contributed by atoms with van der Waals surface area (Å²) in [6.45, 7) is 1.82. The van der Waals surface area contributed by atoms with Crippen LogP contribution in [-0.4, -0.2) is 33.4 Å². The number of benzene rings is 1. The van der Waals surface area contributed by atoms with E-state index in [1.807, 2.05) is 6.92 Å². The number of primary amides is 1. The number of phenols is 1. The number of nitrogens with two attached hydrogens (primary N) is 2. The summed E-state index contributed by atoms with van der Waals surface area (Å²) in [6, 6.07) is 9.95. The SMILES string of the molecule is CCc1c(-c2ccc(C(N)=O)nc2)cnc(NC(=O)CN)c1-c1ccc(O)cc1. The number of aromatic hydroxyl groups is 1. The van der Waals surface area contributed by atoms with Crippen molar-refractivity contribution >= 4 is 17.6 Å². The highest BCUT2D eigenvalue weighted by Gasteiger charge is 2.18. The number of pyridine rings is 2. The van der Waals surface area contributed by atoms with Gasteiger partial charge >= 0.3 is 0 Å². The molecule has 0 aliphatic rings. The number of phenolic OH excluding ortho intramolecular Hbond substituents is 1. The molecule has 6 N–H and O–H groups in total. The number of hydrogen-bond acceptors (Lipinski definition) is 6. The Balaban J connectivity index is 2.20. The highest BCUT2D eigenvalue weighted by molar-refractivity contribution is 5.97. The summed E-state index contributed by atoms with van der Waals surface area (Å²) in [7, 11) is 0. The van der Waals surface area contributed by atoms with Gasteiger partial charge in [-0.05, 0) is 35.7 Å². The summed E-state index contributed by atoms with van der Waals surface area (Å²) in [5.74, 6) is -0.446. The van der Waals surface area contributed by atoms with Gasteiger partial charge in [-0.2, -0.15) is 0 Å². The predicted molar refractivity (Wildman–Crippen MR) is 110 cm³/mol. The number of hydrogen-bond donors (Lipinski definition) is 4. The molecule has 0 aliphatic heterocycles. The second kappa shape index (κ2) is 8.49. The van der Waals surface area contributed by atoms with E-state index in [0.29, 0.717) is 12.2 Å². The highest BCUT2D eigenvalue weighted by atomic mass is 16.3. The predicted octanol–water partition coefficient (Wildman–Crippen LogP) is 2.07. The zero-order chi connectivity index (χ0) is 21.0. The lowest BCUT2D eigenvalue weighted by atomic mass is 9.92. The van der Waals surface area contributed by atoms with E-state index in [2.05, 4.69) is 15.3 Å². The summed E-state index contributed by atoms with van der Waals surface area (Å²) < 4.78 is 0. The van der Waals surface area contributed by atoms with Gasteiger partial charge in [-0.1, -0.05) is 25.1 Å². The Bertz CT molecular complexity index is 1050. The van der Waals surface area contributed by atoms with Crippen molar-refractivity contribution in [3.05, 3.63) is 60.0 Å². The van der Waals surface area contributed by atoms with Crippen molar-refractivity contribution in [3.63, 3.8) is 0 Å². The largest absolute Gasteiger partial charge is 0.508 e. The van der Waals surface area contributed by atoms with Crippen LogP contribution >= 0.6 is 0 Å². The molecule has 148 valence electrons. The van der Waals surface area contributed by atoms with Gasteiger partial charge in [0.2, 0.25) is 5.91 Å². The van der Waals surface area contributed by atoms with Gasteiger partial charge in [0, 0.05) is 29.1 Å². The van der Waals surface area contributed by atoms with Gasteiger partial charge in [0.1, 0.15) is 17.3 Å². The van der Waals surface area contributed by atoms with Crippen molar-refractivity contribution in [1.82, 2.24) is 9.97 Å². The molecule has 0 saturated heterocycles. The van der Waals surface area contributed by atoms with Crippen LogP contribution in [0.4, 0.5) is 5.82 Å². The highest BCUT2D eigenvalue weighted by Crippen LogP contribution is 2.37. The lowest BCUT2D eigenvalue weighted by Gasteiger charge is -2.18. The van der Waals surface area contributed by atoms with Crippen LogP contribution in [0, 0.1) is 0 Å². The third kappa shape index (κ3) is 4.22. The molecule has 3 rings (SSSR count). The summed E-state index contributed by atoms with van der Waals surface area (Å²) in [5, 5.41) is 12.4. The Labute approximate surface area is 167 Å². The molecule has 29 heavy (non-hydrogen) atoms. The van der Waals surface area contributed by atoms with Crippen molar-refractivity contribution in [2.45, 2.75) is 13.3 Å². The van der Waals surface area contributed by atoms with E-state index < -0.39 is 5.91 Å². The number of aromatic nitrogens is 2. The fraction of sp³-hybridized carbons (Fsp3) is 0.143. The first-order chi connectivity index (χ1) is 13.9. The van der Waals surface area contributed by atoms with Crippen LogP contribution in [-0.2, 0) is 11.2 Å². The molecule has 0 radical (unpaired) electrons. The standard InChI is InChI=1S/C21H21N5O3/c1-2-15-16(13-5-8-17(20(23)29)24-10-13)11-25-21(26-18(28)9-22)19(15)12-3-6-14(27)7-4-12/h3-8,10-11,27H,2,9,22H2,1H3,(H2,23,29)(H,25,26,28). The second-order valence-electron chi connectivity index (χ2n) is 6.32. The van der Waals surface area contributed by atoms with Crippen LogP contribution in [0.2, 0.25) is 0 Å². The van der Waals surface area contributed by atoms with Crippen molar-refractivity contribution < 1.29 is 14.7 Å². The summed E-state index contributed by atoms with van der Waals surface area (Å²) in [4.78, 5) is 31.7. The van der Waals surface area contributed by atoms with E-state index >= 15 is 0 Å². The lowest BCUT2D eigenvalue weighted by molar-refractivity contribution is -0.114. The van der Waals surface area contributed by atoms with E-state index in [9.17, 15) is 14.7 Å². The molecule has 0 spiro atoms. The van der Waals surface area contributed by atoms with Crippen LogP contribution in [0.5, 0.6) is 5.75 Å².